The van der Waals surface area contributed by atoms with Gasteiger partial charge in [0.1, 0.15) is 0 Å². The molecular weight excluding hydrogens is 220 g/mol. The predicted molar refractivity (Wildman–Crippen MR) is 50.8 cm³/mol. The minimum atomic E-state index is 0. The summed E-state index contributed by atoms with van der Waals surface area (Å²) in [6.45, 7) is 0. The highest BCUT2D eigenvalue weighted by atomic mass is 35.5. The fraction of sp³-hybridized carbons (Fsp3) is 0.333. The second-order valence-electron chi connectivity index (χ2n) is 2.48. The minimum Gasteiger partial charge on any atom is -1.00 e. The lowest BCUT2D eigenvalue weighted by Gasteiger charge is -2.06. The first kappa shape index (κ1) is 13.3. The Morgan fingerprint density at radius 3 is 1.80 bits per heavy atom. The third-order valence-corrected chi connectivity index (χ3v) is 1.79. The van der Waals surface area contributed by atoms with Crippen LogP contribution in [0.3, 0.4) is 0 Å². The van der Waals surface area contributed by atoms with Gasteiger partial charge in [-0.2, -0.15) is 0 Å². The summed E-state index contributed by atoms with van der Waals surface area (Å²) in [7, 11) is 4.51. The largest absolute Gasteiger partial charge is 1.00 e. The second kappa shape index (κ2) is 5.94. The maximum atomic E-state index is 8.68. The van der Waals surface area contributed by atoms with E-state index < -0.39 is 0 Å². The number of hydrogen-bond acceptors (Lipinski definition) is 4. The van der Waals surface area contributed by atoms with Crippen LogP contribution < -0.4 is 26.6 Å². The van der Waals surface area contributed by atoms with Crippen molar-refractivity contribution in [1.29, 1.82) is 5.39 Å². The van der Waals surface area contributed by atoms with Gasteiger partial charge in [-0.1, -0.05) is 0 Å². The van der Waals surface area contributed by atoms with E-state index in [1.54, 1.807) is 6.07 Å². The van der Waals surface area contributed by atoms with E-state index in [1.165, 1.54) is 27.4 Å². The van der Waals surface area contributed by atoms with Gasteiger partial charge in [-0.05, 0) is 0 Å². The first-order valence-electron chi connectivity index (χ1n) is 3.92. The van der Waals surface area contributed by atoms with Crippen molar-refractivity contribution >= 4 is 5.69 Å². The highest BCUT2D eigenvalue weighted by Crippen LogP contribution is 2.39. The molecule has 15 heavy (non-hydrogen) atoms. The zero-order chi connectivity index (χ0) is 10.6. The third-order valence-electron chi connectivity index (χ3n) is 1.79. The van der Waals surface area contributed by atoms with Crippen molar-refractivity contribution in [2.75, 3.05) is 21.3 Å². The molecule has 0 fully saturated rings. The molecule has 0 amide bonds. The summed E-state index contributed by atoms with van der Waals surface area (Å²) in [5, 5.41) is 8.68. The lowest BCUT2D eigenvalue weighted by molar-refractivity contribution is -0.00000397. The van der Waals surface area contributed by atoms with Gasteiger partial charge < -0.3 is 26.6 Å². The quantitative estimate of drug-likeness (QED) is 0.638. The van der Waals surface area contributed by atoms with Gasteiger partial charge in [-0.3, -0.25) is 0 Å². The molecular formula is C9H11ClN2O3. The van der Waals surface area contributed by atoms with Crippen molar-refractivity contribution < 1.29 is 26.6 Å². The fourth-order valence-electron chi connectivity index (χ4n) is 1.09. The lowest BCUT2D eigenvalue weighted by Crippen LogP contribution is -3.00. The summed E-state index contributed by atoms with van der Waals surface area (Å²) in [6, 6.07) is 3.12. The Morgan fingerprint density at radius 2 is 1.40 bits per heavy atom. The normalized spacial score (nSPS) is 8.40. The van der Waals surface area contributed by atoms with Crippen LogP contribution in [0.1, 0.15) is 0 Å². The number of nitrogens with zero attached hydrogens (tertiary/aromatic N) is 2. The van der Waals surface area contributed by atoms with Crippen LogP contribution in [0.2, 0.25) is 0 Å². The number of halogens is 1. The van der Waals surface area contributed by atoms with Crippen molar-refractivity contribution in [1.82, 2.24) is 0 Å². The van der Waals surface area contributed by atoms with Crippen LogP contribution in [-0.4, -0.2) is 21.3 Å². The van der Waals surface area contributed by atoms with Gasteiger partial charge >= 0.3 is 5.69 Å². The summed E-state index contributed by atoms with van der Waals surface area (Å²) in [5.74, 6) is 1.43. The van der Waals surface area contributed by atoms with Gasteiger partial charge in [-0.15, -0.1) is 0 Å². The Kier molecular flexibility index (Phi) is 5.27. The standard InChI is InChI=1S/C9H11N2O3.ClH/c1-12-7-5-9(14-3)8(13-2)4-6(7)11-10;/h4-5H,1-3H3;1H/q+1;/p-1. The molecule has 0 saturated carbocycles. The van der Waals surface area contributed by atoms with E-state index in [9.17, 15) is 0 Å². The average Bonchev–Trinajstić information content (AvgIpc) is 2.26. The lowest BCUT2D eigenvalue weighted by atomic mass is 10.2. The van der Waals surface area contributed by atoms with Crippen LogP contribution >= 0.6 is 0 Å². The number of rotatable bonds is 3. The monoisotopic (exact) mass is 230 g/mol. The van der Waals surface area contributed by atoms with Crippen LogP contribution in [0.5, 0.6) is 17.2 Å². The Labute approximate surface area is 94.0 Å². The van der Waals surface area contributed by atoms with Gasteiger partial charge in [0, 0.05) is 6.07 Å². The first-order valence-corrected chi connectivity index (χ1v) is 3.92. The van der Waals surface area contributed by atoms with Crippen molar-refractivity contribution in [3.63, 3.8) is 0 Å². The number of ether oxygens (including phenoxy) is 3. The maximum Gasteiger partial charge on any atom is 0.430 e. The van der Waals surface area contributed by atoms with Gasteiger partial charge in [0.2, 0.25) is 11.1 Å². The van der Waals surface area contributed by atoms with Gasteiger partial charge in [0.25, 0.3) is 0 Å². The molecule has 0 atom stereocenters. The summed E-state index contributed by atoms with van der Waals surface area (Å²) in [5.41, 5.74) is 0.296. The molecule has 0 aliphatic carbocycles. The molecule has 0 aliphatic heterocycles. The topological polar surface area (TPSA) is 55.8 Å². The van der Waals surface area contributed by atoms with Gasteiger partial charge in [0.05, 0.1) is 27.4 Å². The first-order chi connectivity index (χ1) is 6.76. The highest BCUT2D eigenvalue weighted by molar-refractivity contribution is 5.64. The Hall–Kier alpha value is -1.67. The molecule has 0 spiro atoms. The SMILES string of the molecule is COc1cc(OC)c(OC)cc1[N+]#N.[Cl-]. The molecule has 0 saturated heterocycles. The molecule has 0 N–H and O–H groups in total. The van der Waals surface area contributed by atoms with E-state index in [1.807, 2.05) is 0 Å². The smallest absolute Gasteiger partial charge is 0.430 e. The zero-order valence-corrected chi connectivity index (χ0v) is 9.41. The highest BCUT2D eigenvalue weighted by Gasteiger charge is 2.20. The molecule has 1 aromatic rings. The second-order valence-corrected chi connectivity index (χ2v) is 2.48. The van der Waals surface area contributed by atoms with E-state index in [0.717, 1.165) is 0 Å². The van der Waals surface area contributed by atoms with E-state index in [0.29, 0.717) is 22.9 Å². The summed E-state index contributed by atoms with van der Waals surface area (Å²) < 4.78 is 15.1. The Morgan fingerprint density at radius 1 is 0.933 bits per heavy atom. The molecule has 1 rings (SSSR count). The van der Waals surface area contributed by atoms with Crippen LogP contribution in [0.25, 0.3) is 4.98 Å². The zero-order valence-electron chi connectivity index (χ0n) is 8.65. The van der Waals surface area contributed by atoms with Crippen LogP contribution in [0.15, 0.2) is 12.1 Å². The van der Waals surface area contributed by atoms with Crippen molar-refractivity contribution in [2.45, 2.75) is 0 Å². The van der Waals surface area contributed by atoms with Crippen molar-refractivity contribution in [2.24, 2.45) is 0 Å². The summed E-state index contributed by atoms with van der Waals surface area (Å²) in [4.78, 5) is 3.06. The van der Waals surface area contributed by atoms with E-state index in [2.05, 4.69) is 4.98 Å². The molecule has 0 heterocycles. The van der Waals surface area contributed by atoms with Crippen LogP contribution in [-0.2, 0) is 0 Å². The van der Waals surface area contributed by atoms with Gasteiger partial charge in [-0.25, -0.2) is 0 Å². The molecule has 0 aliphatic rings. The predicted octanol–water partition coefficient (Wildman–Crippen LogP) is -0.799. The summed E-state index contributed by atoms with van der Waals surface area (Å²) >= 11 is 0. The Bertz CT molecular complexity index is 376. The molecule has 0 aromatic heterocycles. The van der Waals surface area contributed by atoms with E-state index in [-0.39, 0.29) is 12.4 Å². The number of methoxy groups -OCH3 is 3. The molecule has 5 nitrogen and oxygen atoms in total. The molecule has 82 valence electrons. The number of hydrogen-bond donors (Lipinski definition) is 0. The molecule has 0 radical (unpaired) electrons. The summed E-state index contributed by atoms with van der Waals surface area (Å²) in [6.07, 6.45) is 0. The average molecular weight is 231 g/mol. The van der Waals surface area contributed by atoms with Crippen LogP contribution in [0.4, 0.5) is 5.69 Å². The van der Waals surface area contributed by atoms with E-state index in [4.69, 9.17) is 19.6 Å². The van der Waals surface area contributed by atoms with Crippen LogP contribution in [0, 0.1) is 5.39 Å². The van der Waals surface area contributed by atoms with Crippen molar-refractivity contribution in [3.05, 3.63) is 17.1 Å². The maximum absolute atomic E-state index is 8.68. The number of benzene rings is 1. The molecule has 0 unspecified atom stereocenters. The molecule has 6 heteroatoms. The van der Waals surface area contributed by atoms with Crippen molar-refractivity contribution in [3.8, 4) is 17.2 Å². The molecule has 1 aromatic carbocycles. The Balaban J connectivity index is 0.00000196. The van der Waals surface area contributed by atoms with E-state index >= 15 is 0 Å². The number of diazo groups is 1. The molecule has 0 bridgehead atoms. The fourth-order valence-corrected chi connectivity index (χ4v) is 1.09. The minimum absolute atomic E-state index is 0. The third kappa shape index (κ3) is 2.64. The van der Waals surface area contributed by atoms with Gasteiger partial charge in [0.15, 0.2) is 16.5 Å².